The molecule has 1 saturated heterocycles. The molecule has 92 valence electrons. The highest BCUT2D eigenvalue weighted by Crippen LogP contribution is 2.28. The lowest BCUT2D eigenvalue weighted by Gasteiger charge is -2.30. The van der Waals surface area contributed by atoms with E-state index in [1.165, 1.54) is 0 Å². The molecule has 2 rings (SSSR count). The van der Waals surface area contributed by atoms with Gasteiger partial charge in [0.25, 0.3) is 5.91 Å². The van der Waals surface area contributed by atoms with Gasteiger partial charge in [0.15, 0.2) is 0 Å². The van der Waals surface area contributed by atoms with Crippen LogP contribution in [0.25, 0.3) is 0 Å². The SMILES string of the molecule is CC1(C(=O)NC2CCC(Br)CC2)CCCO1. The first-order valence-electron chi connectivity index (χ1n) is 6.19. The molecule has 0 radical (unpaired) electrons. The summed E-state index contributed by atoms with van der Waals surface area (Å²) in [5, 5.41) is 3.14. The fourth-order valence-electron chi connectivity index (χ4n) is 2.49. The fourth-order valence-corrected chi connectivity index (χ4v) is 3.02. The molecule has 2 aliphatic rings. The van der Waals surface area contributed by atoms with Crippen molar-refractivity contribution in [2.75, 3.05) is 6.61 Å². The smallest absolute Gasteiger partial charge is 0.252 e. The van der Waals surface area contributed by atoms with Crippen LogP contribution in [0.2, 0.25) is 0 Å². The molecule has 2 fully saturated rings. The van der Waals surface area contributed by atoms with Gasteiger partial charge in [-0.1, -0.05) is 15.9 Å². The number of hydrogen-bond donors (Lipinski definition) is 1. The standard InChI is InChI=1S/C12H20BrNO2/c1-12(7-2-8-16-12)11(15)14-10-5-3-9(13)4-6-10/h9-10H,2-8H2,1H3,(H,14,15). The van der Waals surface area contributed by atoms with Crippen molar-refractivity contribution >= 4 is 21.8 Å². The van der Waals surface area contributed by atoms with Crippen molar-refractivity contribution in [1.29, 1.82) is 0 Å². The van der Waals surface area contributed by atoms with Crippen molar-refractivity contribution in [1.82, 2.24) is 5.32 Å². The van der Waals surface area contributed by atoms with E-state index in [1.807, 2.05) is 6.92 Å². The van der Waals surface area contributed by atoms with E-state index in [2.05, 4.69) is 21.2 Å². The number of alkyl halides is 1. The molecular formula is C12H20BrNO2. The van der Waals surface area contributed by atoms with Crippen molar-refractivity contribution in [3.63, 3.8) is 0 Å². The van der Waals surface area contributed by atoms with Crippen molar-refractivity contribution in [3.8, 4) is 0 Å². The molecule has 16 heavy (non-hydrogen) atoms. The molecule has 1 unspecified atom stereocenters. The summed E-state index contributed by atoms with van der Waals surface area (Å²) in [6, 6.07) is 0.349. The summed E-state index contributed by atoms with van der Waals surface area (Å²) in [6.07, 6.45) is 6.32. The van der Waals surface area contributed by atoms with E-state index in [0.29, 0.717) is 10.9 Å². The van der Waals surface area contributed by atoms with E-state index < -0.39 is 5.60 Å². The van der Waals surface area contributed by atoms with E-state index in [4.69, 9.17) is 4.74 Å². The summed E-state index contributed by atoms with van der Waals surface area (Å²) in [5.74, 6) is 0.0861. The topological polar surface area (TPSA) is 38.3 Å². The van der Waals surface area contributed by atoms with Gasteiger partial charge < -0.3 is 10.1 Å². The van der Waals surface area contributed by atoms with Gasteiger partial charge in [-0.2, -0.15) is 0 Å². The predicted octanol–water partition coefficient (Wildman–Crippen LogP) is 2.38. The molecule has 4 heteroatoms. The number of carbonyl (C=O) groups excluding carboxylic acids is 1. The number of halogens is 1. The van der Waals surface area contributed by atoms with Crippen molar-refractivity contribution in [3.05, 3.63) is 0 Å². The first kappa shape index (κ1) is 12.4. The molecule has 1 aliphatic carbocycles. The minimum absolute atomic E-state index is 0.0861. The Morgan fingerprint density at radius 3 is 2.62 bits per heavy atom. The molecule has 1 aliphatic heterocycles. The molecular weight excluding hydrogens is 270 g/mol. The van der Waals surface area contributed by atoms with Gasteiger partial charge in [0.2, 0.25) is 0 Å². The van der Waals surface area contributed by atoms with Gasteiger partial charge in [-0.05, 0) is 45.4 Å². The molecule has 0 spiro atoms. The minimum Gasteiger partial charge on any atom is -0.365 e. The fraction of sp³-hybridized carbons (Fsp3) is 0.917. The predicted molar refractivity (Wildman–Crippen MR) is 66.7 cm³/mol. The molecule has 0 aromatic rings. The summed E-state index contributed by atoms with van der Waals surface area (Å²) in [7, 11) is 0. The molecule has 1 atom stereocenters. The molecule has 3 nitrogen and oxygen atoms in total. The Bertz CT molecular complexity index is 256. The van der Waals surface area contributed by atoms with Crippen LogP contribution in [-0.2, 0) is 9.53 Å². The van der Waals surface area contributed by atoms with Crippen LogP contribution in [0.5, 0.6) is 0 Å². The van der Waals surface area contributed by atoms with Crippen LogP contribution in [0, 0.1) is 0 Å². The first-order chi connectivity index (χ1) is 7.60. The Morgan fingerprint density at radius 2 is 2.06 bits per heavy atom. The van der Waals surface area contributed by atoms with E-state index in [-0.39, 0.29) is 5.91 Å². The third-order valence-corrected chi connectivity index (χ3v) is 4.61. The van der Waals surface area contributed by atoms with Crippen LogP contribution < -0.4 is 5.32 Å². The molecule has 1 heterocycles. The maximum Gasteiger partial charge on any atom is 0.252 e. The zero-order chi connectivity index (χ0) is 11.6. The molecule has 1 amide bonds. The Labute approximate surface area is 105 Å². The zero-order valence-corrected chi connectivity index (χ0v) is 11.4. The van der Waals surface area contributed by atoms with E-state index in [9.17, 15) is 4.79 Å². The second kappa shape index (κ2) is 5.05. The second-order valence-corrected chi connectivity index (χ2v) is 6.40. The second-order valence-electron chi connectivity index (χ2n) is 5.11. The van der Waals surface area contributed by atoms with Crippen LogP contribution in [0.3, 0.4) is 0 Å². The Hall–Kier alpha value is -0.0900. The molecule has 0 aromatic carbocycles. The number of rotatable bonds is 2. The molecule has 1 N–H and O–H groups in total. The first-order valence-corrected chi connectivity index (χ1v) is 7.11. The largest absolute Gasteiger partial charge is 0.365 e. The van der Waals surface area contributed by atoms with Crippen LogP contribution in [0.1, 0.15) is 45.4 Å². The Morgan fingerprint density at radius 1 is 1.38 bits per heavy atom. The molecule has 1 saturated carbocycles. The minimum atomic E-state index is -0.564. The Balaban J connectivity index is 1.83. The lowest BCUT2D eigenvalue weighted by molar-refractivity contribution is -0.140. The van der Waals surface area contributed by atoms with Gasteiger partial charge in [0, 0.05) is 17.5 Å². The number of amides is 1. The average Bonchev–Trinajstić information content (AvgIpc) is 2.70. The van der Waals surface area contributed by atoms with Gasteiger partial charge in [0.1, 0.15) is 5.60 Å². The third-order valence-electron chi connectivity index (χ3n) is 3.69. The van der Waals surface area contributed by atoms with Gasteiger partial charge in [-0.25, -0.2) is 0 Å². The quantitative estimate of drug-likeness (QED) is 0.793. The van der Waals surface area contributed by atoms with Crippen molar-refractivity contribution in [2.45, 2.75) is 61.9 Å². The van der Waals surface area contributed by atoms with Gasteiger partial charge in [-0.3, -0.25) is 4.79 Å². The Kier molecular flexibility index (Phi) is 3.90. The average molecular weight is 290 g/mol. The van der Waals surface area contributed by atoms with Crippen LogP contribution >= 0.6 is 15.9 Å². The van der Waals surface area contributed by atoms with Gasteiger partial charge >= 0.3 is 0 Å². The number of ether oxygens (including phenoxy) is 1. The summed E-state index contributed by atoms with van der Waals surface area (Å²) in [4.78, 5) is 12.7. The normalized spacial score (nSPS) is 39.6. The lowest BCUT2D eigenvalue weighted by Crippen LogP contribution is -2.49. The lowest BCUT2D eigenvalue weighted by atomic mass is 9.94. The van der Waals surface area contributed by atoms with Gasteiger partial charge in [-0.15, -0.1) is 0 Å². The van der Waals surface area contributed by atoms with Crippen LogP contribution in [0.15, 0.2) is 0 Å². The number of carbonyl (C=O) groups is 1. The third kappa shape index (κ3) is 2.77. The monoisotopic (exact) mass is 289 g/mol. The van der Waals surface area contributed by atoms with E-state index in [1.54, 1.807) is 0 Å². The maximum atomic E-state index is 12.1. The highest BCUT2D eigenvalue weighted by atomic mass is 79.9. The molecule has 0 bridgehead atoms. The summed E-state index contributed by atoms with van der Waals surface area (Å²) in [6.45, 7) is 2.63. The highest BCUT2D eigenvalue weighted by molar-refractivity contribution is 9.09. The van der Waals surface area contributed by atoms with E-state index >= 15 is 0 Å². The highest BCUT2D eigenvalue weighted by Gasteiger charge is 2.38. The van der Waals surface area contributed by atoms with Crippen LogP contribution in [0.4, 0.5) is 0 Å². The zero-order valence-electron chi connectivity index (χ0n) is 9.80. The van der Waals surface area contributed by atoms with E-state index in [0.717, 1.165) is 45.1 Å². The maximum absolute atomic E-state index is 12.1. The van der Waals surface area contributed by atoms with Gasteiger partial charge in [0.05, 0.1) is 0 Å². The number of hydrogen-bond acceptors (Lipinski definition) is 2. The summed E-state index contributed by atoms with van der Waals surface area (Å²) in [5.41, 5.74) is -0.564. The summed E-state index contributed by atoms with van der Waals surface area (Å²) >= 11 is 3.62. The van der Waals surface area contributed by atoms with Crippen molar-refractivity contribution < 1.29 is 9.53 Å². The summed E-state index contributed by atoms with van der Waals surface area (Å²) < 4.78 is 5.54. The number of nitrogens with one attached hydrogen (secondary N) is 1. The van der Waals surface area contributed by atoms with Crippen LogP contribution in [-0.4, -0.2) is 29.0 Å². The molecule has 0 aromatic heterocycles. The van der Waals surface area contributed by atoms with Crippen molar-refractivity contribution in [2.24, 2.45) is 0 Å².